The van der Waals surface area contributed by atoms with Crippen molar-refractivity contribution < 1.29 is 14.3 Å². The summed E-state index contributed by atoms with van der Waals surface area (Å²) in [6, 6.07) is 4.01. The molecular formula is C20H30ClN3O3S. The summed E-state index contributed by atoms with van der Waals surface area (Å²) >= 11 is 7.62. The van der Waals surface area contributed by atoms with E-state index in [1.165, 1.54) is 4.88 Å². The molecule has 3 heterocycles. The van der Waals surface area contributed by atoms with Crippen LogP contribution in [0.25, 0.3) is 0 Å². The van der Waals surface area contributed by atoms with Crippen molar-refractivity contribution in [2.75, 3.05) is 39.3 Å². The van der Waals surface area contributed by atoms with Gasteiger partial charge in [0.2, 0.25) is 5.91 Å². The van der Waals surface area contributed by atoms with Crippen molar-refractivity contribution >= 4 is 34.9 Å². The summed E-state index contributed by atoms with van der Waals surface area (Å²) in [4.78, 5) is 32.4. The van der Waals surface area contributed by atoms with Crippen LogP contribution in [-0.4, -0.2) is 71.6 Å². The number of thiophene rings is 1. The maximum atomic E-state index is 12.9. The molecule has 2 aliphatic rings. The zero-order valence-electron chi connectivity index (χ0n) is 16.9. The number of amides is 2. The van der Waals surface area contributed by atoms with E-state index in [1.807, 2.05) is 31.7 Å². The Labute approximate surface area is 176 Å². The van der Waals surface area contributed by atoms with Gasteiger partial charge < -0.3 is 14.5 Å². The number of hydrogen-bond donors (Lipinski definition) is 0. The summed E-state index contributed by atoms with van der Waals surface area (Å²) in [6.45, 7) is 11.0. The van der Waals surface area contributed by atoms with E-state index in [9.17, 15) is 9.59 Å². The smallest absolute Gasteiger partial charge is 0.410 e. The fraction of sp³-hybridized carbons (Fsp3) is 0.700. The van der Waals surface area contributed by atoms with E-state index in [0.717, 1.165) is 37.1 Å². The van der Waals surface area contributed by atoms with Crippen molar-refractivity contribution in [3.63, 3.8) is 0 Å². The molecule has 3 rings (SSSR count). The zero-order valence-corrected chi connectivity index (χ0v) is 18.5. The number of likely N-dealkylation sites (tertiary alicyclic amines) is 1. The first kappa shape index (κ1) is 21.4. The first-order valence-corrected chi connectivity index (χ1v) is 11.1. The molecule has 2 saturated heterocycles. The van der Waals surface area contributed by atoms with Crippen LogP contribution in [0.5, 0.6) is 0 Å². The van der Waals surface area contributed by atoms with Crippen LogP contribution in [0.3, 0.4) is 0 Å². The first-order chi connectivity index (χ1) is 13.2. The second-order valence-electron chi connectivity index (χ2n) is 8.55. The largest absolute Gasteiger partial charge is 0.444 e. The lowest BCUT2D eigenvalue weighted by atomic mass is 9.95. The zero-order chi connectivity index (χ0) is 20.3. The molecule has 0 atom stereocenters. The van der Waals surface area contributed by atoms with Gasteiger partial charge in [-0.1, -0.05) is 11.6 Å². The highest BCUT2D eigenvalue weighted by molar-refractivity contribution is 7.16. The van der Waals surface area contributed by atoms with Gasteiger partial charge in [-0.05, 0) is 45.7 Å². The average Bonchev–Trinajstić information content (AvgIpc) is 3.05. The van der Waals surface area contributed by atoms with Gasteiger partial charge in [0.25, 0.3) is 0 Å². The number of rotatable bonds is 3. The second kappa shape index (κ2) is 9.01. The number of halogens is 1. The molecule has 8 heteroatoms. The molecule has 6 nitrogen and oxygen atoms in total. The quantitative estimate of drug-likeness (QED) is 0.738. The molecule has 0 radical (unpaired) electrons. The molecule has 156 valence electrons. The van der Waals surface area contributed by atoms with Crippen LogP contribution in [0, 0.1) is 5.92 Å². The maximum Gasteiger partial charge on any atom is 0.410 e. The minimum Gasteiger partial charge on any atom is -0.444 e. The lowest BCUT2D eigenvalue weighted by molar-refractivity contribution is -0.139. The highest BCUT2D eigenvalue weighted by Gasteiger charge is 2.33. The second-order valence-corrected chi connectivity index (χ2v) is 10.3. The molecule has 1 aromatic heterocycles. The summed E-state index contributed by atoms with van der Waals surface area (Å²) in [5, 5.41) is 0. The van der Waals surface area contributed by atoms with Crippen molar-refractivity contribution in [1.82, 2.24) is 14.7 Å². The van der Waals surface area contributed by atoms with Crippen LogP contribution < -0.4 is 0 Å². The molecule has 2 aliphatic heterocycles. The van der Waals surface area contributed by atoms with E-state index < -0.39 is 5.60 Å². The fourth-order valence-electron chi connectivity index (χ4n) is 3.68. The van der Waals surface area contributed by atoms with Crippen molar-refractivity contribution in [2.24, 2.45) is 5.92 Å². The first-order valence-electron chi connectivity index (χ1n) is 9.94. The minimum atomic E-state index is -0.488. The molecule has 0 spiro atoms. The van der Waals surface area contributed by atoms with Gasteiger partial charge in [-0.25, -0.2) is 4.79 Å². The average molecular weight is 428 g/mol. The summed E-state index contributed by atoms with van der Waals surface area (Å²) in [5.41, 5.74) is -0.488. The summed E-state index contributed by atoms with van der Waals surface area (Å²) < 4.78 is 6.25. The highest BCUT2D eigenvalue weighted by atomic mass is 35.5. The Bertz CT molecular complexity index is 687. The number of piperidine rings is 1. The van der Waals surface area contributed by atoms with E-state index in [-0.39, 0.29) is 17.9 Å². The molecule has 2 fully saturated rings. The van der Waals surface area contributed by atoms with Gasteiger partial charge in [0.05, 0.1) is 4.34 Å². The SMILES string of the molecule is CC(C)(C)OC(=O)N1CCC(C(=O)N2CCN(Cc3ccc(Cl)s3)CC2)CC1. The van der Waals surface area contributed by atoms with Crippen LogP contribution in [0.15, 0.2) is 12.1 Å². The van der Waals surface area contributed by atoms with Crippen molar-refractivity contribution in [3.8, 4) is 0 Å². The number of hydrogen-bond acceptors (Lipinski definition) is 5. The lowest BCUT2D eigenvalue weighted by Crippen LogP contribution is -2.51. The molecule has 0 aromatic carbocycles. The van der Waals surface area contributed by atoms with Crippen LogP contribution >= 0.6 is 22.9 Å². The lowest BCUT2D eigenvalue weighted by Gasteiger charge is -2.38. The normalized spacial score (nSPS) is 19.7. The number of carbonyl (C=O) groups excluding carboxylic acids is 2. The Hall–Kier alpha value is -1.31. The molecule has 28 heavy (non-hydrogen) atoms. The molecule has 2 amide bonds. The maximum absolute atomic E-state index is 12.9. The van der Waals surface area contributed by atoms with Gasteiger partial charge >= 0.3 is 6.09 Å². The van der Waals surface area contributed by atoms with Crippen LogP contribution in [0.4, 0.5) is 4.79 Å². The Morgan fingerprint density at radius 2 is 1.71 bits per heavy atom. The summed E-state index contributed by atoms with van der Waals surface area (Å²) in [5.74, 6) is 0.254. The number of carbonyl (C=O) groups is 2. The molecular weight excluding hydrogens is 398 g/mol. The Morgan fingerprint density at radius 1 is 1.07 bits per heavy atom. The third kappa shape index (κ3) is 5.84. The van der Waals surface area contributed by atoms with E-state index in [2.05, 4.69) is 11.0 Å². The van der Waals surface area contributed by atoms with Gasteiger partial charge in [-0.15, -0.1) is 11.3 Å². The van der Waals surface area contributed by atoms with Crippen LogP contribution in [0.1, 0.15) is 38.5 Å². The predicted molar refractivity (Wildman–Crippen MR) is 112 cm³/mol. The third-order valence-corrected chi connectivity index (χ3v) is 6.40. The Kier molecular flexibility index (Phi) is 6.89. The molecule has 0 saturated carbocycles. The summed E-state index contributed by atoms with van der Waals surface area (Å²) in [7, 11) is 0. The molecule has 0 N–H and O–H groups in total. The van der Waals surface area contributed by atoms with E-state index in [4.69, 9.17) is 16.3 Å². The molecule has 0 aliphatic carbocycles. The monoisotopic (exact) mass is 427 g/mol. The van der Waals surface area contributed by atoms with Gasteiger partial charge in [0, 0.05) is 56.6 Å². The number of nitrogens with zero attached hydrogens (tertiary/aromatic N) is 3. The van der Waals surface area contributed by atoms with Gasteiger partial charge in [-0.2, -0.15) is 0 Å². The van der Waals surface area contributed by atoms with E-state index >= 15 is 0 Å². The topological polar surface area (TPSA) is 53.1 Å². The Morgan fingerprint density at radius 3 is 2.25 bits per heavy atom. The van der Waals surface area contributed by atoms with Crippen molar-refractivity contribution in [3.05, 3.63) is 21.3 Å². The molecule has 1 aromatic rings. The van der Waals surface area contributed by atoms with Crippen LogP contribution in [-0.2, 0) is 16.1 Å². The van der Waals surface area contributed by atoms with Gasteiger partial charge in [0.15, 0.2) is 0 Å². The third-order valence-electron chi connectivity index (χ3n) is 5.19. The number of piperazine rings is 1. The number of ether oxygens (including phenoxy) is 1. The van der Waals surface area contributed by atoms with Crippen molar-refractivity contribution in [2.45, 2.75) is 45.8 Å². The van der Waals surface area contributed by atoms with Gasteiger partial charge in [-0.3, -0.25) is 9.69 Å². The fourth-order valence-corrected chi connectivity index (χ4v) is 4.81. The van der Waals surface area contributed by atoms with E-state index in [0.29, 0.717) is 25.9 Å². The minimum absolute atomic E-state index is 0.0151. The van der Waals surface area contributed by atoms with E-state index in [1.54, 1.807) is 16.2 Å². The predicted octanol–water partition coefficient (Wildman–Crippen LogP) is 3.69. The van der Waals surface area contributed by atoms with Crippen LogP contribution in [0.2, 0.25) is 4.34 Å². The summed E-state index contributed by atoms with van der Waals surface area (Å²) in [6.07, 6.45) is 1.15. The molecule has 0 bridgehead atoms. The molecule has 0 unspecified atom stereocenters. The van der Waals surface area contributed by atoms with Gasteiger partial charge in [0.1, 0.15) is 5.60 Å². The standard InChI is InChI=1S/C20H30ClN3O3S/c1-20(2,3)27-19(26)24-8-6-15(7-9-24)18(25)23-12-10-22(11-13-23)14-16-4-5-17(21)28-16/h4-5,15H,6-14H2,1-3H3. The Balaban J connectivity index is 1.41. The highest BCUT2D eigenvalue weighted by Crippen LogP contribution is 2.25. The van der Waals surface area contributed by atoms with Crippen molar-refractivity contribution in [1.29, 1.82) is 0 Å².